The summed E-state index contributed by atoms with van der Waals surface area (Å²) < 4.78 is 2.24. The lowest BCUT2D eigenvalue weighted by molar-refractivity contribution is 0.253. The highest BCUT2D eigenvalue weighted by Gasteiger charge is 2.34. The van der Waals surface area contributed by atoms with Crippen LogP contribution in [0.2, 0.25) is 0 Å². The van der Waals surface area contributed by atoms with Crippen molar-refractivity contribution in [3.05, 3.63) is 102 Å². The molecule has 0 saturated heterocycles. The number of hydrogen-bond acceptors (Lipinski definition) is 5. The molecule has 3 heterocycles. The number of para-hydroxylation sites is 1. The fourth-order valence-corrected chi connectivity index (χ4v) is 5.50. The fraction of sp³-hybridized carbons (Fsp3) is 0.161. The standard InChI is InChI=1S/C31H28N6/c32-19-20-8-10-21(11-9-20)27-28(22-12-14-23(15-13-22)31(33)16-4-17-31)37-26-7-3-18-34-29(26)35-25-6-2-1-5-24(25)30(37)36-27/h1-3,5-15,18H,4,16-17,19,32-33H2,(H,34,35). The Morgan fingerprint density at radius 1 is 0.865 bits per heavy atom. The molecule has 6 heteroatoms. The highest BCUT2D eigenvalue weighted by Crippen LogP contribution is 2.45. The van der Waals surface area contributed by atoms with Crippen molar-refractivity contribution in [3.8, 4) is 39.6 Å². The van der Waals surface area contributed by atoms with Crippen molar-refractivity contribution in [2.75, 3.05) is 5.32 Å². The quantitative estimate of drug-likeness (QED) is 0.280. The number of nitrogens with two attached hydrogens (primary N) is 2. The Morgan fingerprint density at radius 2 is 1.62 bits per heavy atom. The average molecular weight is 485 g/mol. The Morgan fingerprint density at radius 3 is 2.35 bits per heavy atom. The molecule has 7 rings (SSSR count). The molecule has 2 aliphatic rings. The molecule has 1 saturated carbocycles. The molecule has 1 fully saturated rings. The largest absolute Gasteiger partial charge is 0.338 e. The third-order valence-electron chi connectivity index (χ3n) is 7.77. The van der Waals surface area contributed by atoms with Gasteiger partial charge in [0.05, 0.1) is 22.8 Å². The van der Waals surface area contributed by atoms with Crippen molar-refractivity contribution in [1.82, 2.24) is 14.5 Å². The summed E-state index contributed by atoms with van der Waals surface area (Å²) in [5.41, 5.74) is 21.6. The summed E-state index contributed by atoms with van der Waals surface area (Å²) >= 11 is 0. The molecule has 182 valence electrons. The average Bonchev–Trinajstić information content (AvgIpc) is 3.26. The second kappa shape index (κ2) is 8.40. The molecule has 1 aliphatic carbocycles. The van der Waals surface area contributed by atoms with E-state index in [-0.39, 0.29) is 5.54 Å². The van der Waals surface area contributed by atoms with Gasteiger partial charge in [-0.25, -0.2) is 9.97 Å². The number of benzene rings is 3. The van der Waals surface area contributed by atoms with Crippen LogP contribution in [0.4, 0.5) is 11.5 Å². The maximum absolute atomic E-state index is 6.64. The molecule has 5 N–H and O–H groups in total. The molecule has 0 amide bonds. The minimum absolute atomic E-state index is 0.201. The molecule has 2 aromatic heterocycles. The van der Waals surface area contributed by atoms with Gasteiger partial charge in [0.25, 0.3) is 0 Å². The maximum atomic E-state index is 6.64. The second-order valence-electron chi connectivity index (χ2n) is 10.00. The molecule has 0 radical (unpaired) electrons. The van der Waals surface area contributed by atoms with E-state index in [0.717, 1.165) is 69.5 Å². The summed E-state index contributed by atoms with van der Waals surface area (Å²) in [7, 11) is 0. The minimum Gasteiger partial charge on any atom is -0.338 e. The van der Waals surface area contributed by atoms with Gasteiger partial charge in [0.1, 0.15) is 5.82 Å². The first-order chi connectivity index (χ1) is 18.1. The van der Waals surface area contributed by atoms with Crippen molar-refractivity contribution in [3.63, 3.8) is 0 Å². The third kappa shape index (κ3) is 3.49. The zero-order chi connectivity index (χ0) is 25.0. The Hall–Kier alpha value is -4.26. The Bertz CT molecular complexity index is 1610. The molecule has 37 heavy (non-hydrogen) atoms. The zero-order valence-electron chi connectivity index (χ0n) is 20.5. The first kappa shape index (κ1) is 22.0. The van der Waals surface area contributed by atoms with Crippen LogP contribution in [0, 0.1) is 0 Å². The van der Waals surface area contributed by atoms with Crippen LogP contribution in [0.25, 0.3) is 39.6 Å². The lowest BCUT2D eigenvalue weighted by Crippen LogP contribution is -2.43. The number of imidazole rings is 1. The monoisotopic (exact) mass is 484 g/mol. The number of rotatable bonds is 4. The van der Waals surface area contributed by atoms with Crippen LogP contribution < -0.4 is 16.8 Å². The Labute approximate surface area is 216 Å². The molecule has 3 aromatic carbocycles. The van der Waals surface area contributed by atoms with Crippen molar-refractivity contribution in [1.29, 1.82) is 0 Å². The van der Waals surface area contributed by atoms with Gasteiger partial charge in [0, 0.05) is 35.0 Å². The first-order valence-electron chi connectivity index (χ1n) is 12.8. The molecule has 0 bridgehead atoms. The molecule has 1 aliphatic heterocycles. The van der Waals surface area contributed by atoms with Crippen LogP contribution in [-0.2, 0) is 12.1 Å². The summed E-state index contributed by atoms with van der Waals surface area (Å²) in [6.45, 7) is 0.507. The van der Waals surface area contributed by atoms with Crippen LogP contribution in [0.15, 0.2) is 91.1 Å². The Balaban J connectivity index is 1.51. The number of nitrogens with one attached hydrogen (secondary N) is 1. The van der Waals surface area contributed by atoms with Crippen LogP contribution in [0.1, 0.15) is 30.4 Å². The minimum atomic E-state index is -0.201. The molecule has 0 atom stereocenters. The fourth-order valence-electron chi connectivity index (χ4n) is 5.50. The smallest absolute Gasteiger partial charge is 0.154 e. The number of hydrogen-bond donors (Lipinski definition) is 3. The van der Waals surface area contributed by atoms with E-state index in [1.54, 1.807) is 0 Å². The van der Waals surface area contributed by atoms with Crippen LogP contribution in [0.3, 0.4) is 0 Å². The SMILES string of the molecule is NCc1ccc(-c2nc3n(c2-c2ccc(C4(N)CCC4)cc2)-c2cccnc2Nc2ccccc2-3)cc1. The summed E-state index contributed by atoms with van der Waals surface area (Å²) in [5.74, 6) is 1.67. The first-order valence-corrected chi connectivity index (χ1v) is 12.8. The number of aromatic nitrogens is 3. The van der Waals surface area contributed by atoms with E-state index >= 15 is 0 Å². The van der Waals surface area contributed by atoms with E-state index in [1.807, 2.05) is 24.4 Å². The molecule has 0 spiro atoms. The van der Waals surface area contributed by atoms with E-state index in [9.17, 15) is 0 Å². The van der Waals surface area contributed by atoms with Gasteiger partial charge >= 0.3 is 0 Å². The highest BCUT2D eigenvalue weighted by molar-refractivity contribution is 5.90. The highest BCUT2D eigenvalue weighted by atomic mass is 15.2. The normalized spacial score (nSPS) is 15.0. The number of fused-ring (bicyclic) bond motifs is 5. The molecular weight excluding hydrogens is 456 g/mol. The number of anilines is 2. The van der Waals surface area contributed by atoms with Gasteiger partial charge in [-0.05, 0) is 54.7 Å². The third-order valence-corrected chi connectivity index (χ3v) is 7.77. The summed E-state index contributed by atoms with van der Waals surface area (Å²) in [4.78, 5) is 9.98. The molecular formula is C31H28N6. The van der Waals surface area contributed by atoms with Crippen molar-refractivity contribution in [2.24, 2.45) is 11.5 Å². The van der Waals surface area contributed by atoms with Crippen LogP contribution >= 0.6 is 0 Å². The van der Waals surface area contributed by atoms with Gasteiger partial charge in [0.2, 0.25) is 0 Å². The van der Waals surface area contributed by atoms with Crippen LogP contribution in [-0.4, -0.2) is 14.5 Å². The topological polar surface area (TPSA) is 94.8 Å². The van der Waals surface area contributed by atoms with Gasteiger partial charge in [-0.3, -0.25) is 4.57 Å². The predicted octanol–water partition coefficient (Wildman–Crippen LogP) is 6.12. The van der Waals surface area contributed by atoms with Gasteiger partial charge in [0.15, 0.2) is 5.82 Å². The second-order valence-corrected chi connectivity index (χ2v) is 10.00. The molecule has 5 aromatic rings. The van der Waals surface area contributed by atoms with Gasteiger partial charge in [-0.1, -0.05) is 60.7 Å². The van der Waals surface area contributed by atoms with Crippen molar-refractivity contribution >= 4 is 11.5 Å². The number of nitrogens with zero attached hydrogens (tertiary/aromatic N) is 3. The van der Waals surface area contributed by atoms with Gasteiger partial charge in [-0.2, -0.15) is 0 Å². The number of pyridine rings is 1. The van der Waals surface area contributed by atoms with Crippen LogP contribution in [0.5, 0.6) is 0 Å². The summed E-state index contributed by atoms with van der Waals surface area (Å²) in [5, 5.41) is 3.53. The van der Waals surface area contributed by atoms with Gasteiger partial charge in [-0.15, -0.1) is 0 Å². The van der Waals surface area contributed by atoms with E-state index in [0.29, 0.717) is 6.54 Å². The summed E-state index contributed by atoms with van der Waals surface area (Å²) in [6, 6.07) is 29.4. The van der Waals surface area contributed by atoms with E-state index in [4.69, 9.17) is 21.4 Å². The molecule has 0 unspecified atom stereocenters. The molecule has 6 nitrogen and oxygen atoms in total. The van der Waals surface area contributed by atoms with E-state index in [2.05, 4.69) is 76.6 Å². The maximum Gasteiger partial charge on any atom is 0.154 e. The van der Waals surface area contributed by atoms with E-state index in [1.165, 1.54) is 12.0 Å². The predicted molar refractivity (Wildman–Crippen MR) is 149 cm³/mol. The zero-order valence-corrected chi connectivity index (χ0v) is 20.5. The Kier molecular flexibility index (Phi) is 4.99. The van der Waals surface area contributed by atoms with Gasteiger partial charge < -0.3 is 16.8 Å². The van der Waals surface area contributed by atoms with Crippen molar-refractivity contribution in [2.45, 2.75) is 31.3 Å². The van der Waals surface area contributed by atoms with E-state index < -0.39 is 0 Å². The lowest BCUT2D eigenvalue weighted by Gasteiger charge is -2.38. The van der Waals surface area contributed by atoms with Crippen molar-refractivity contribution < 1.29 is 0 Å². The summed E-state index contributed by atoms with van der Waals surface area (Å²) in [6.07, 6.45) is 5.08. The lowest BCUT2D eigenvalue weighted by atomic mass is 9.72.